The lowest BCUT2D eigenvalue weighted by Gasteiger charge is -2.13. The lowest BCUT2D eigenvalue weighted by Crippen LogP contribution is -2.18. The van der Waals surface area contributed by atoms with Crippen molar-refractivity contribution >= 4 is 33.0 Å². The molecule has 0 atom stereocenters. The largest absolute Gasteiger partial charge is 0.435 e. The number of hydrogen-bond acceptors (Lipinski definition) is 6. The highest BCUT2D eigenvalue weighted by atomic mass is 35.5. The average Bonchev–Trinajstić information content (AvgIpc) is 2.69. The molecule has 13 heteroatoms. The Morgan fingerprint density at radius 3 is 2.44 bits per heavy atom. The first-order valence-electron chi connectivity index (χ1n) is 8.54. The Kier molecular flexibility index (Phi) is 6.37. The topological polar surface area (TPSA) is 98.2 Å². The zero-order chi connectivity index (χ0) is 23.7. The molecule has 0 radical (unpaired) electrons. The number of ether oxygens (including phenoxy) is 1. The fraction of sp³-hybridized carbons (Fsp3) is 0.105. The van der Waals surface area contributed by atoms with E-state index in [1.165, 1.54) is 18.2 Å². The van der Waals surface area contributed by atoms with E-state index in [0.717, 1.165) is 30.5 Å². The molecule has 0 unspecified atom stereocenters. The van der Waals surface area contributed by atoms with Crippen LogP contribution in [0.25, 0.3) is 0 Å². The average molecular weight is 490 g/mol. The molecule has 0 aliphatic carbocycles. The van der Waals surface area contributed by atoms with Crippen molar-refractivity contribution in [2.45, 2.75) is 11.1 Å². The van der Waals surface area contributed by atoms with E-state index in [4.69, 9.17) is 16.3 Å². The maximum absolute atomic E-state index is 13.2. The second-order valence-corrected chi connectivity index (χ2v) is 8.80. The predicted octanol–water partition coefficient (Wildman–Crippen LogP) is 4.74. The van der Waals surface area contributed by atoms with Crippen LogP contribution in [0.2, 0.25) is 5.02 Å². The van der Waals surface area contributed by atoms with Gasteiger partial charge in [-0.1, -0.05) is 17.7 Å². The number of benzene rings is 2. The molecule has 3 rings (SSSR count). The van der Waals surface area contributed by atoms with Crippen LogP contribution in [0.1, 0.15) is 16.1 Å². The molecule has 1 amide bonds. The zero-order valence-corrected chi connectivity index (χ0v) is 17.5. The number of sulfone groups is 1. The third kappa shape index (κ3) is 5.51. The molecule has 0 bridgehead atoms. The molecular weight excluding hydrogens is 478 g/mol. The van der Waals surface area contributed by atoms with Gasteiger partial charge in [-0.15, -0.1) is 10.2 Å². The van der Waals surface area contributed by atoms with Crippen molar-refractivity contribution in [1.29, 1.82) is 0 Å². The molecule has 1 heterocycles. The molecule has 168 valence electrons. The molecular formula is C19H12ClF4N3O4S. The normalized spacial score (nSPS) is 11.8. The van der Waals surface area contributed by atoms with Crippen molar-refractivity contribution in [3.8, 4) is 11.6 Å². The summed E-state index contributed by atoms with van der Waals surface area (Å²) in [5.41, 5.74) is -2.14. The van der Waals surface area contributed by atoms with E-state index in [0.29, 0.717) is 6.07 Å². The summed E-state index contributed by atoms with van der Waals surface area (Å²) in [6, 6.07) is 8.47. The van der Waals surface area contributed by atoms with Gasteiger partial charge < -0.3 is 10.1 Å². The van der Waals surface area contributed by atoms with E-state index in [2.05, 4.69) is 15.5 Å². The summed E-state index contributed by atoms with van der Waals surface area (Å²) < 4.78 is 81.2. The van der Waals surface area contributed by atoms with Gasteiger partial charge in [0.2, 0.25) is 0 Å². The molecule has 0 aliphatic rings. The van der Waals surface area contributed by atoms with E-state index in [-0.39, 0.29) is 21.4 Å². The van der Waals surface area contributed by atoms with Gasteiger partial charge >= 0.3 is 6.18 Å². The number of rotatable bonds is 5. The highest BCUT2D eigenvalue weighted by Crippen LogP contribution is 2.34. The van der Waals surface area contributed by atoms with Crippen LogP contribution in [0.5, 0.6) is 11.6 Å². The van der Waals surface area contributed by atoms with Crippen LogP contribution >= 0.6 is 11.6 Å². The number of nitrogens with one attached hydrogen (secondary N) is 1. The summed E-state index contributed by atoms with van der Waals surface area (Å²) in [5.74, 6) is -2.60. The Morgan fingerprint density at radius 1 is 1.09 bits per heavy atom. The van der Waals surface area contributed by atoms with Crippen LogP contribution in [0.4, 0.5) is 23.2 Å². The van der Waals surface area contributed by atoms with Crippen molar-refractivity contribution in [3.63, 3.8) is 0 Å². The lowest BCUT2D eigenvalue weighted by atomic mass is 10.2. The summed E-state index contributed by atoms with van der Waals surface area (Å²) >= 11 is 5.85. The maximum Gasteiger partial charge on any atom is 0.435 e. The Bertz CT molecular complexity index is 1300. The Balaban J connectivity index is 2.01. The molecule has 7 nitrogen and oxygen atoms in total. The van der Waals surface area contributed by atoms with Gasteiger partial charge in [-0.25, -0.2) is 12.8 Å². The number of amides is 1. The Labute approximate surface area is 183 Å². The molecule has 2 aromatic carbocycles. The van der Waals surface area contributed by atoms with Gasteiger partial charge in [0.05, 0.1) is 9.92 Å². The second-order valence-electron chi connectivity index (χ2n) is 6.38. The number of hydrogen-bond donors (Lipinski definition) is 1. The summed E-state index contributed by atoms with van der Waals surface area (Å²) in [7, 11) is -3.60. The maximum atomic E-state index is 13.2. The fourth-order valence-corrected chi connectivity index (χ4v) is 3.29. The summed E-state index contributed by atoms with van der Waals surface area (Å²) in [5, 5.41) is 8.40. The van der Waals surface area contributed by atoms with Crippen molar-refractivity contribution in [2.24, 2.45) is 0 Å². The second kappa shape index (κ2) is 8.71. The van der Waals surface area contributed by atoms with Gasteiger partial charge in [0.25, 0.3) is 11.8 Å². The van der Waals surface area contributed by atoms with Crippen LogP contribution in [0.15, 0.2) is 53.4 Å². The molecule has 0 saturated heterocycles. The van der Waals surface area contributed by atoms with E-state index in [9.17, 15) is 30.8 Å². The van der Waals surface area contributed by atoms with Gasteiger partial charge in [0.1, 0.15) is 17.1 Å². The number of anilines is 1. The molecule has 32 heavy (non-hydrogen) atoms. The number of alkyl halides is 3. The molecule has 0 saturated carbocycles. The van der Waals surface area contributed by atoms with Gasteiger partial charge in [-0.3, -0.25) is 4.79 Å². The monoisotopic (exact) mass is 489 g/mol. The van der Waals surface area contributed by atoms with Gasteiger partial charge in [-0.2, -0.15) is 13.2 Å². The summed E-state index contributed by atoms with van der Waals surface area (Å²) in [6.45, 7) is 0. The van der Waals surface area contributed by atoms with Crippen molar-refractivity contribution in [3.05, 3.63) is 70.6 Å². The van der Waals surface area contributed by atoms with Crippen LogP contribution in [0, 0.1) is 5.82 Å². The van der Waals surface area contributed by atoms with Crippen LogP contribution in [-0.2, 0) is 16.0 Å². The number of carbonyl (C=O) groups is 1. The van der Waals surface area contributed by atoms with E-state index < -0.39 is 44.9 Å². The Hall–Kier alpha value is -3.25. The van der Waals surface area contributed by atoms with E-state index >= 15 is 0 Å². The molecule has 0 fully saturated rings. The third-order valence-corrected chi connectivity index (χ3v) is 5.32. The lowest BCUT2D eigenvalue weighted by molar-refractivity contribution is -0.141. The standard InChI is InChI=1S/C19H12ClF4N3O4S/c1-32(29,30)12-4-2-3-11(8-12)25-17(28)13-9-16(19(22,23)24)26-27-18(13)31-15-6-5-10(21)7-14(15)20/h2-9H,1H3,(H,25,28). The molecule has 0 spiro atoms. The third-order valence-electron chi connectivity index (χ3n) is 3.92. The highest BCUT2D eigenvalue weighted by Gasteiger charge is 2.35. The summed E-state index contributed by atoms with van der Waals surface area (Å²) in [6.07, 6.45) is -3.96. The fourth-order valence-electron chi connectivity index (χ4n) is 2.42. The van der Waals surface area contributed by atoms with E-state index in [1.807, 2.05) is 0 Å². The molecule has 1 N–H and O–H groups in total. The first kappa shape index (κ1) is 23.4. The van der Waals surface area contributed by atoms with Crippen molar-refractivity contribution < 1.29 is 35.5 Å². The first-order valence-corrected chi connectivity index (χ1v) is 10.8. The zero-order valence-electron chi connectivity index (χ0n) is 15.9. The first-order chi connectivity index (χ1) is 14.8. The van der Waals surface area contributed by atoms with Crippen LogP contribution < -0.4 is 10.1 Å². The van der Waals surface area contributed by atoms with Crippen LogP contribution in [-0.4, -0.2) is 30.8 Å². The number of carbonyl (C=O) groups excluding carboxylic acids is 1. The highest BCUT2D eigenvalue weighted by molar-refractivity contribution is 7.90. The number of nitrogens with zero attached hydrogens (tertiary/aromatic N) is 2. The predicted molar refractivity (Wildman–Crippen MR) is 106 cm³/mol. The minimum Gasteiger partial charge on any atom is -0.435 e. The number of halogens is 5. The van der Waals surface area contributed by atoms with Gasteiger partial charge in [0, 0.05) is 11.9 Å². The minimum atomic E-state index is -4.91. The molecule has 3 aromatic rings. The van der Waals surface area contributed by atoms with Gasteiger partial charge in [0.15, 0.2) is 15.5 Å². The van der Waals surface area contributed by atoms with Gasteiger partial charge in [-0.05, 0) is 42.5 Å². The molecule has 0 aliphatic heterocycles. The quantitative estimate of drug-likeness (QED) is 0.520. The smallest absolute Gasteiger partial charge is 0.435 e. The molecule has 1 aromatic heterocycles. The SMILES string of the molecule is CS(=O)(=O)c1cccc(NC(=O)c2cc(C(F)(F)F)nnc2Oc2ccc(F)cc2Cl)c1. The Morgan fingerprint density at radius 2 is 1.81 bits per heavy atom. The van der Waals surface area contributed by atoms with E-state index in [1.54, 1.807) is 0 Å². The summed E-state index contributed by atoms with van der Waals surface area (Å²) in [4.78, 5) is 12.6. The number of aromatic nitrogens is 2. The van der Waals surface area contributed by atoms with Crippen molar-refractivity contribution in [2.75, 3.05) is 11.6 Å². The van der Waals surface area contributed by atoms with Crippen LogP contribution in [0.3, 0.4) is 0 Å². The minimum absolute atomic E-state index is 0.00550. The van der Waals surface area contributed by atoms with Crippen molar-refractivity contribution in [1.82, 2.24) is 10.2 Å².